The largest absolute Gasteiger partial charge is 0.463 e. The molecule has 8 heteroatoms. The van der Waals surface area contributed by atoms with Crippen LogP contribution in [0.5, 0.6) is 0 Å². The fourth-order valence-electron chi connectivity index (χ4n) is 0.521. The number of carbonyl (C=O) groups excluding carboxylic acids is 1. The van der Waals surface area contributed by atoms with Crippen LogP contribution in [0, 0.1) is 0 Å². The third-order valence-electron chi connectivity index (χ3n) is 1.26. The van der Waals surface area contributed by atoms with Crippen molar-refractivity contribution in [2.75, 3.05) is 13.2 Å². The number of nitrogens with one attached hydrogen (secondary N) is 1. The number of halogens is 5. The van der Waals surface area contributed by atoms with Gasteiger partial charge in [0.1, 0.15) is 0 Å². The van der Waals surface area contributed by atoms with E-state index in [0.29, 0.717) is 0 Å². The highest BCUT2D eigenvalue weighted by atomic mass is 19.4. The Labute approximate surface area is 75.9 Å². The zero-order valence-electron chi connectivity index (χ0n) is 6.87. The molecule has 0 unspecified atom stereocenters. The van der Waals surface area contributed by atoms with E-state index in [2.05, 4.69) is 0 Å². The average Bonchev–Trinajstić information content (AvgIpc) is 2.02. The lowest BCUT2D eigenvalue weighted by atomic mass is 10.3. The number of rotatable bonds is 4. The van der Waals surface area contributed by atoms with Gasteiger partial charge >= 0.3 is 12.1 Å². The van der Waals surface area contributed by atoms with Gasteiger partial charge in [-0.25, -0.2) is 0 Å². The highest BCUT2D eigenvalue weighted by Gasteiger charge is 2.63. The average molecular weight is 221 g/mol. The molecule has 0 rings (SSSR count). The first-order valence-corrected chi connectivity index (χ1v) is 3.57. The van der Waals surface area contributed by atoms with Crippen LogP contribution in [0.25, 0.3) is 0 Å². The lowest BCUT2D eigenvalue weighted by molar-refractivity contribution is -0.269. The maximum atomic E-state index is 12.2. The summed E-state index contributed by atoms with van der Waals surface area (Å²) >= 11 is 0. The molecule has 0 atom stereocenters. The van der Waals surface area contributed by atoms with Crippen molar-refractivity contribution < 1.29 is 31.9 Å². The van der Waals surface area contributed by atoms with E-state index < -0.39 is 31.2 Å². The number of alkyl halides is 5. The van der Waals surface area contributed by atoms with Gasteiger partial charge in [0.05, 0.1) is 0 Å². The number of amides is 1. The molecule has 0 aliphatic carbocycles. The van der Waals surface area contributed by atoms with E-state index in [4.69, 9.17) is 5.11 Å². The Morgan fingerprint density at radius 3 is 2.07 bits per heavy atom. The number of aliphatic hydroxyl groups excluding tert-OH is 1. The molecule has 0 saturated carbocycles. The Morgan fingerprint density at radius 1 is 1.21 bits per heavy atom. The van der Waals surface area contributed by atoms with Crippen molar-refractivity contribution in [1.82, 2.24) is 5.32 Å². The number of aliphatic hydroxyl groups is 1. The number of carbonyl (C=O) groups is 1. The second-order valence-electron chi connectivity index (χ2n) is 2.41. The molecule has 0 heterocycles. The Hall–Kier alpha value is -0.920. The SMILES string of the molecule is O=C(NCCCO)C(F)(F)C(F)(F)F. The van der Waals surface area contributed by atoms with Gasteiger partial charge in [-0.1, -0.05) is 0 Å². The molecule has 0 bridgehead atoms. The minimum Gasteiger partial charge on any atom is -0.396 e. The van der Waals surface area contributed by atoms with Crippen molar-refractivity contribution in [2.24, 2.45) is 0 Å². The molecule has 0 fully saturated rings. The second kappa shape index (κ2) is 4.54. The molecular weight excluding hydrogens is 213 g/mol. The normalized spacial score (nSPS) is 12.7. The Kier molecular flexibility index (Phi) is 4.24. The summed E-state index contributed by atoms with van der Waals surface area (Å²) in [5.41, 5.74) is 0. The van der Waals surface area contributed by atoms with E-state index in [9.17, 15) is 26.7 Å². The van der Waals surface area contributed by atoms with Gasteiger partial charge in [0.25, 0.3) is 5.91 Å². The number of hydrogen-bond donors (Lipinski definition) is 2. The van der Waals surface area contributed by atoms with E-state index in [1.165, 1.54) is 5.32 Å². The molecule has 3 nitrogen and oxygen atoms in total. The summed E-state index contributed by atoms with van der Waals surface area (Å²) in [5, 5.41) is 9.54. The third kappa shape index (κ3) is 3.09. The quantitative estimate of drug-likeness (QED) is 0.541. The summed E-state index contributed by atoms with van der Waals surface area (Å²) in [6, 6.07) is 0. The van der Waals surface area contributed by atoms with Crippen LogP contribution in [0.15, 0.2) is 0 Å². The van der Waals surface area contributed by atoms with E-state index in [-0.39, 0.29) is 6.42 Å². The van der Waals surface area contributed by atoms with Gasteiger partial charge in [-0.3, -0.25) is 4.79 Å². The van der Waals surface area contributed by atoms with Crippen molar-refractivity contribution in [3.63, 3.8) is 0 Å². The molecule has 0 aromatic heterocycles. The lowest BCUT2D eigenvalue weighted by Crippen LogP contribution is -2.50. The zero-order chi connectivity index (χ0) is 11.4. The van der Waals surface area contributed by atoms with E-state index >= 15 is 0 Å². The van der Waals surface area contributed by atoms with E-state index in [1.54, 1.807) is 0 Å². The summed E-state index contributed by atoms with van der Waals surface area (Å²) < 4.78 is 58.9. The molecular formula is C6H8F5NO2. The van der Waals surface area contributed by atoms with Gasteiger partial charge in [-0.15, -0.1) is 0 Å². The number of hydrogen-bond acceptors (Lipinski definition) is 2. The second-order valence-corrected chi connectivity index (χ2v) is 2.41. The van der Waals surface area contributed by atoms with Crippen molar-refractivity contribution in [2.45, 2.75) is 18.5 Å². The first kappa shape index (κ1) is 13.1. The van der Waals surface area contributed by atoms with Crippen LogP contribution in [0.2, 0.25) is 0 Å². The smallest absolute Gasteiger partial charge is 0.396 e. The van der Waals surface area contributed by atoms with Gasteiger partial charge in [-0.05, 0) is 6.42 Å². The molecule has 0 spiro atoms. The fraction of sp³-hybridized carbons (Fsp3) is 0.833. The van der Waals surface area contributed by atoms with Crippen LogP contribution in [-0.2, 0) is 4.79 Å². The Balaban J connectivity index is 4.23. The van der Waals surface area contributed by atoms with Crippen molar-refractivity contribution in [3.05, 3.63) is 0 Å². The van der Waals surface area contributed by atoms with Crippen molar-refractivity contribution in [1.29, 1.82) is 0 Å². The first-order chi connectivity index (χ1) is 6.23. The predicted molar refractivity (Wildman–Crippen MR) is 35.7 cm³/mol. The molecule has 14 heavy (non-hydrogen) atoms. The summed E-state index contributed by atoms with van der Waals surface area (Å²) in [5.74, 6) is -7.79. The summed E-state index contributed by atoms with van der Waals surface area (Å²) in [4.78, 5) is 10.3. The highest BCUT2D eigenvalue weighted by molar-refractivity contribution is 5.84. The van der Waals surface area contributed by atoms with Crippen LogP contribution in [0.1, 0.15) is 6.42 Å². The van der Waals surface area contributed by atoms with Gasteiger partial charge in [-0.2, -0.15) is 22.0 Å². The Bertz CT molecular complexity index is 203. The van der Waals surface area contributed by atoms with Crippen LogP contribution >= 0.6 is 0 Å². The molecule has 0 aliphatic rings. The summed E-state index contributed by atoms with van der Waals surface area (Å²) in [7, 11) is 0. The van der Waals surface area contributed by atoms with Gasteiger partial charge in [0.2, 0.25) is 0 Å². The monoisotopic (exact) mass is 221 g/mol. The molecule has 0 radical (unpaired) electrons. The molecule has 0 aliphatic heterocycles. The molecule has 0 saturated heterocycles. The van der Waals surface area contributed by atoms with Crippen LogP contribution in [0.4, 0.5) is 22.0 Å². The third-order valence-corrected chi connectivity index (χ3v) is 1.26. The first-order valence-electron chi connectivity index (χ1n) is 3.57. The van der Waals surface area contributed by atoms with Crippen LogP contribution in [0.3, 0.4) is 0 Å². The summed E-state index contributed by atoms with van der Waals surface area (Å²) in [6.07, 6.45) is -5.98. The van der Waals surface area contributed by atoms with Gasteiger partial charge < -0.3 is 10.4 Å². The molecule has 2 N–H and O–H groups in total. The maximum absolute atomic E-state index is 12.2. The standard InChI is InChI=1S/C6H8F5NO2/c7-5(8,6(9,10)11)4(14)12-2-1-3-13/h13H,1-3H2,(H,12,14). The van der Waals surface area contributed by atoms with Crippen LogP contribution < -0.4 is 5.32 Å². The minimum absolute atomic E-state index is 0.0837. The topological polar surface area (TPSA) is 49.3 Å². The minimum atomic E-state index is -5.89. The predicted octanol–water partition coefficient (Wildman–Crippen LogP) is 0.683. The molecule has 0 aromatic rings. The van der Waals surface area contributed by atoms with Crippen LogP contribution in [-0.4, -0.2) is 36.3 Å². The molecule has 1 amide bonds. The van der Waals surface area contributed by atoms with Crippen molar-refractivity contribution >= 4 is 5.91 Å². The maximum Gasteiger partial charge on any atom is 0.463 e. The van der Waals surface area contributed by atoms with E-state index in [0.717, 1.165) is 0 Å². The lowest BCUT2D eigenvalue weighted by Gasteiger charge is -2.18. The zero-order valence-corrected chi connectivity index (χ0v) is 6.87. The fourth-order valence-corrected chi connectivity index (χ4v) is 0.521. The van der Waals surface area contributed by atoms with Gasteiger partial charge in [0, 0.05) is 13.2 Å². The highest BCUT2D eigenvalue weighted by Crippen LogP contribution is 2.35. The molecule has 0 aromatic carbocycles. The van der Waals surface area contributed by atoms with Crippen molar-refractivity contribution in [3.8, 4) is 0 Å². The van der Waals surface area contributed by atoms with E-state index in [1.807, 2.05) is 0 Å². The summed E-state index contributed by atoms with van der Waals surface area (Å²) in [6.45, 7) is -0.834. The molecule has 84 valence electrons. The van der Waals surface area contributed by atoms with Gasteiger partial charge in [0.15, 0.2) is 0 Å². The Morgan fingerprint density at radius 2 is 1.71 bits per heavy atom.